The Morgan fingerprint density at radius 1 is 1.27 bits per heavy atom. The number of esters is 1. The molecule has 0 radical (unpaired) electrons. The number of imide groups is 1. The van der Waals surface area contributed by atoms with Gasteiger partial charge in [-0.2, -0.15) is 0 Å². The van der Waals surface area contributed by atoms with E-state index in [9.17, 15) is 19.2 Å². The van der Waals surface area contributed by atoms with E-state index in [2.05, 4.69) is 10.6 Å². The Labute approximate surface area is 177 Å². The Kier molecular flexibility index (Phi) is 7.59. The van der Waals surface area contributed by atoms with Crippen LogP contribution in [0.2, 0.25) is 0 Å². The Hall–Kier alpha value is -2.90. The molecule has 1 atom stereocenters. The van der Waals surface area contributed by atoms with Crippen molar-refractivity contribution in [1.82, 2.24) is 10.2 Å². The number of rotatable bonds is 9. The van der Waals surface area contributed by atoms with Gasteiger partial charge in [0.1, 0.15) is 12.1 Å². The monoisotopic (exact) mass is 417 g/mol. The standard InChI is InChI=1S/C22H31N3O5/c1-6-7-11-22(5)20(28)25(21(29)24-22)12-18(27)30-13-17(26)23-19-15(4)9-8-10-16(19)14(2)3/h8-10,14H,6-7,11-13H2,1-5H3,(H,23,26)(H,24,29)/t22-/m1/s1. The Bertz CT molecular complexity index is 836. The predicted molar refractivity (Wildman–Crippen MR) is 113 cm³/mol. The van der Waals surface area contributed by atoms with Crippen molar-refractivity contribution in [2.24, 2.45) is 0 Å². The lowest BCUT2D eigenvalue weighted by molar-refractivity contribution is -0.150. The number of benzene rings is 1. The fourth-order valence-corrected chi connectivity index (χ4v) is 3.43. The molecule has 4 amide bonds. The molecular formula is C22H31N3O5. The molecule has 0 saturated carbocycles. The summed E-state index contributed by atoms with van der Waals surface area (Å²) in [6, 6.07) is 5.13. The average Bonchev–Trinajstić information content (AvgIpc) is 2.89. The summed E-state index contributed by atoms with van der Waals surface area (Å²) in [6.07, 6.45) is 2.16. The molecule has 164 valence electrons. The van der Waals surface area contributed by atoms with Crippen molar-refractivity contribution in [2.75, 3.05) is 18.5 Å². The summed E-state index contributed by atoms with van der Waals surface area (Å²) in [5, 5.41) is 5.43. The van der Waals surface area contributed by atoms with E-state index in [0.717, 1.165) is 28.9 Å². The van der Waals surface area contributed by atoms with Gasteiger partial charge >= 0.3 is 12.0 Å². The SMILES string of the molecule is CCCC[C@@]1(C)NC(=O)N(CC(=O)OCC(=O)Nc2c(C)cccc2C(C)C)C1=O. The highest BCUT2D eigenvalue weighted by Gasteiger charge is 2.47. The molecule has 0 unspecified atom stereocenters. The van der Waals surface area contributed by atoms with Gasteiger partial charge in [-0.15, -0.1) is 0 Å². The van der Waals surface area contributed by atoms with E-state index in [1.807, 2.05) is 45.9 Å². The van der Waals surface area contributed by atoms with Gasteiger partial charge in [-0.25, -0.2) is 4.79 Å². The van der Waals surface area contributed by atoms with E-state index in [0.29, 0.717) is 12.1 Å². The molecule has 30 heavy (non-hydrogen) atoms. The maximum Gasteiger partial charge on any atom is 0.326 e. The van der Waals surface area contributed by atoms with Gasteiger partial charge in [-0.3, -0.25) is 19.3 Å². The zero-order valence-corrected chi connectivity index (χ0v) is 18.3. The van der Waals surface area contributed by atoms with Crippen LogP contribution in [0.15, 0.2) is 18.2 Å². The van der Waals surface area contributed by atoms with Crippen LogP contribution in [-0.2, 0) is 19.1 Å². The van der Waals surface area contributed by atoms with Crippen LogP contribution in [-0.4, -0.2) is 47.4 Å². The number of carbonyl (C=O) groups excluding carboxylic acids is 4. The van der Waals surface area contributed by atoms with Crippen LogP contribution >= 0.6 is 0 Å². The second-order valence-corrected chi connectivity index (χ2v) is 8.16. The van der Waals surface area contributed by atoms with Crippen molar-refractivity contribution in [1.29, 1.82) is 0 Å². The van der Waals surface area contributed by atoms with Crippen molar-refractivity contribution in [2.45, 2.75) is 65.3 Å². The minimum atomic E-state index is -1.01. The first-order valence-electron chi connectivity index (χ1n) is 10.3. The second-order valence-electron chi connectivity index (χ2n) is 8.16. The van der Waals surface area contributed by atoms with E-state index in [4.69, 9.17) is 4.74 Å². The molecule has 0 spiro atoms. The summed E-state index contributed by atoms with van der Waals surface area (Å²) >= 11 is 0. The Morgan fingerprint density at radius 2 is 1.97 bits per heavy atom. The Morgan fingerprint density at radius 3 is 2.60 bits per heavy atom. The highest BCUT2D eigenvalue weighted by molar-refractivity contribution is 6.08. The van der Waals surface area contributed by atoms with Crippen molar-refractivity contribution >= 4 is 29.5 Å². The van der Waals surface area contributed by atoms with E-state index in [-0.39, 0.29) is 5.92 Å². The van der Waals surface area contributed by atoms with Crippen LogP contribution < -0.4 is 10.6 Å². The van der Waals surface area contributed by atoms with Gasteiger partial charge in [-0.05, 0) is 37.3 Å². The first-order valence-corrected chi connectivity index (χ1v) is 10.3. The molecule has 1 aliphatic heterocycles. The number of aryl methyl sites for hydroxylation is 1. The maximum absolute atomic E-state index is 12.6. The van der Waals surface area contributed by atoms with Gasteiger partial charge in [0.15, 0.2) is 6.61 Å². The largest absolute Gasteiger partial charge is 0.454 e. The van der Waals surface area contributed by atoms with Crippen LogP contribution in [0.1, 0.15) is 64.0 Å². The van der Waals surface area contributed by atoms with Crippen LogP contribution in [0.4, 0.5) is 10.5 Å². The van der Waals surface area contributed by atoms with E-state index in [1.165, 1.54) is 0 Å². The van der Waals surface area contributed by atoms with Crippen LogP contribution in [0, 0.1) is 6.92 Å². The molecule has 1 fully saturated rings. The number of unbranched alkanes of at least 4 members (excludes halogenated alkanes) is 1. The molecule has 1 saturated heterocycles. The third kappa shape index (κ3) is 5.37. The third-order valence-electron chi connectivity index (χ3n) is 5.22. The number of urea groups is 1. The average molecular weight is 418 g/mol. The first kappa shape index (κ1) is 23.4. The topological polar surface area (TPSA) is 105 Å². The quantitative estimate of drug-likeness (QED) is 0.474. The van der Waals surface area contributed by atoms with Crippen molar-refractivity contribution in [3.05, 3.63) is 29.3 Å². The van der Waals surface area contributed by atoms with Crippen molar-refractivity contribution in [3.63, 3.8) is 0 Å². The molecule has 0 aromatic heterocycles. The number of para-hydroxylation sites is 1. The summed E-state index contributed by atoms with van der Waals surface area (Å²) in [5.41, 5.74) is 1.59. The molecule has 1 heterocycles. The summed E-state index contributed by atoms with van der Waals surface area (Å²) < 4.78 is 5.00. The summed E-state index contributed by atoms with van der Waals surface area (Å²) in [6.45, 7) is 8.55. The molecule has 0 bridgehead atoms. The summed E-state index contributed by atoms with van der Waals surface area (Å²) in [4.78, 5) is 49.9. The molecule has 1 aromatic rings. The lowest BCUT2D eigenvalue weighted by Gasteiger charge is -2.21. The van der Waals surface area contributed by atoms with Gasteiger partial charge in [0.25, 0.3) is 11.8 Å². The highest BCUT2D eigenvalue weighted by atomic mass is 16.5. The highest BCUT2D eigenvalue weighted by Crippen LogP contribution is 2.27. The normalized spacial score (nSPS) is 18.5. The van der Waals surface area contributed by atoms with Crippen molar-refractivity contribution < 1.29 is 23.9 Å². The number of ether oxygens (including phenoxy) is 1. The fourth-order valence-electron chi connectivity index (χ4n) is 3.43. The maximum atomic E-state index is 12.6. The number of carbonyl (C=O) groups is 4. The lowest BCUT2D eigenvalue weighted by Crippen LogP contribution is -2.44. The van der Waals surface area contributed by atoms with E-state index >= 15 is 0 Å². The van der Waals surface area contributed by atoms with E-state index < -0.39 is 42.5 Å². The predicted octanol–water partition coefficient (Wildman–Crippen LogP) is 3.10. The molecule has 0 aliphatic carbocycles. The smallest absolute Gasteiger partial charge is 0.326 e. The second kappa shape index (κ2) is 9.73. The van der Waals surface area contributed by atoms with Gasteiger partial charge in [0, 0.05) is 5.69 Å². The summed E-state index contributed by atoms with van der Waals surface area (Å²) in [5.74, 6) is -1.54. The van der Waals surface area contributed by atoms with Gasteiger partial charge in [0.2, 0.25) is 0 Å². The fraction of sp³-hybridized carbons (Fsp3) is 0.545. The Balaban J connectivity index is 1.92. The molecule has 8 nitrogen and oxygen atoms in total. The van der Waals surface area contributed by atoms with Crippen LogP contribution in [0.5, 0.6) is 0 Å². The van der Waals surface area contributed by atoms with Crippen LogP contribution in [0.25, 0.3) is 0 Å². The van der Waals surface area contributed by atoms with Gasteiger partial charge < -0.3 is 15.4 Å². The number of nitrogens with zero attached hydrogens (tertiary/aromatic N) is 1. The molecule has 2 rings (SSSR count). The number of hydrogen-bond donors (Lipinski definition) is 2. The molecule has 1 aromatic carbocycles. The zero-order chi connectivity index (χ0) is 22.5. The summed E-state index contributed by atoms with van der Waals surface area (Å²) in [7, 11) is 0. The van der Waals surface area contributed by atoms with Gasteiger partial charge in [-0.1, -0.05) is 51.8 Å². The number of anilines is 1. The minimum absolute atomic E-state index is 0.212. The minimum Gasteiger partial charge on any atom is -0.454 e. The van der Waals surface area contributed by atoms with E-state index in [1.54, 1.807) is 6.92 Å². The number of amides is 4. The number of hydrogen-bond acceptors (Lipinski definition) is 5. The first-order chi connectivity index (χ1) is 14.1. The molecular weight excluding hydrogens is 386 g/mol. The van der Waals surface area contributed by atoms with Crippen molar-refractivity contribution in [3.8, 4) is 0 Å². The lowest BCUT2D eigenvalue weighted by atomic mass is 9.95. The molecule has 8 heteroatoms. The molecule has 1 aliphatic rings. The number of nitrogens with one attached hydrogen (secondary N) is 2. The zero-order valence-electron chi connectivity index (χ0n) is 18.3. The van der Waals surface area contributed by atoms with Gasteiger partial charge in [0.05, 0.1) is 0 Å². The third-order valence-corrected chi connectivity index (χ3v) is 5.22. The molecule has 2 N–H and O–H groups in total. The van der Waals surface area contributed by atoms with Crippen LogP contribution in [0.3, 0.4) is 0 Å².